The third-order valence-corrected chi connectivity index (χ3v) is 11.5. The molecule has 2 atom stereocenters. The summed E-state index contributed by atoms with van der Waals surface area (Å²) in [4.78, 5) is 82.5. The Morgan fingerprint density at radius 1 is 0.949 bits per heavy atom. The molecule has 1 fully saturated rings. The fraction of sp³-hybridized carbons (Fsp3) is 0.386. The highest BCUT2D eigenvalue weighted by atomic mass is 16.5. The number of imide groups is 2. The lowest BCUT2D eigenvalue weighted by Gasteiger charge is -2.27. The van der Waals surface area contributed by atoms with Crippen LogP contribution < -0.4 is 30.7 Å². The lowest BCUT2D eigenvalue weighted by atomic mass is 10.0. The number of carbonyl (C=O) groups is 6. The molecule has 0 saturated carbocycles. The van der Waals surface area contributed by atoms with E-state index >= 15 is 0 Å². The fourth-order valence-corrected chi connectivity index (χ4v) is 8.41. The second-order valence-electron chi connectivity index (χ2n) is 15.4. The van der Waals surface area contributed by atoms with Gasteiger partial charge in [-0.25, -0.2) is 4.98 Å². The van der Waals surface area contributed by atoms with Crippen molar-refractivity contribution in [3.8, 4) is 22.8 Å². The highest BCUT2D eigenvalue weighted by Gasteiger charge is 2.45. The topological polar surface area (TPSA) is 190 Å². The standard InChI is InChI=1S/C44H47N7O8/c1-25-35(58-2)22-28(41(54)48-31-14-13-26-11-12-27(21-30(26)31)33-24-50-19-5-9-37(50)47-33)23-36(25)59-20-6-18-46-38(52)10-4-17-45-32-8-3-7-29-40(32)44(57)51(43(29)56)34-15-16-39(53)49-42(34)55/h3,7-8,11-12,21-24,31,34,45H,4-6,9-10,13-20H2,1-2H3,(H,46,52)(H,48,54)(H,49,53,55)/t31-,34?/m1/s1. The van der Waals surface area contributed by atoms with Crippen molar-refractivity contribution >= 4 is 41.1 Å². The minimum Gasteiger partial charge on any atom is -0.496 e. The number of fused-ring (bicyclic) bond motifs is 3. The SMILES string of the molecule is COc1cc(C(=O)N[C@@H]2CCc3ccc(-c4cn5c(n4)CCC5)cc32)cc(OCCCNC(=O)CCCNc2cccc3c2C(=O)N(C2CCC(=O)NC2=O)C3=O)c1C. The molecule has 15 nitrogen and oxygen atoms in total. The molecule has 6 amide bonds. The average molecular weight is 802 g/mol. The molecule has 15 heteroatoms. The van der Waals surface area contributed by atoms with Gasteiger partial charge in [-0.3, -0.25) is 39.0 Å². The predicted molar refractivity (Wildman–Crippen MR) is 216 cm³/mol. The van der Waals surface area contributed by atoms with Crippen LogP contribution in [0, 0.1) is 6.92 Å². The van der Waals surface area contributed by atoms with E-state index in [1.54, 1.807) is 31.4 Å². The van der Waals surface area contributed by atoms with E-state index in [4.69, 9.17) is 14.5 Å². The maximum atomic E-state index is 13.7. The zero-order chi connectivity index (χ0) is 41.2. The lowest BCUT2D eigenvalue weighted by molar-refractivity contribution is -0.136. The molecular weight excluding hydrogens is 755 g/mol. The third-order valence-electron chi connectivity index (χ3n) is 11.5. The number of benzene rings is 3. The van der Waals surface area contributed by atoms with Crippen molar-refractivity contribution in [3.05, 3.63) is 93.9 Å². The molecule has 3 aliphatic heterocycles. The normalized spacial score (nSPS) is 18.0. The van der Waals surface area contributed by atoms with Crippen molar-refractivity contribution in [3.63, 3.8) is 0 Å². The van der Waals surface area contributed by atoms with Gasteiger partial charge in [0.1, 0.15) is 23.4 Å². The number of hydrogen-bond donors (Lipinski definition) is 4. The fourth-order valence-electron chi connectivity index (χ4n) is 8.41. The summed E-state index contributed by atoms with van der Waals surface area (Å²) in [6, 6.07) is 13.6. The molecule has 1 aromatic heterocycles. The Kier molecular flexibility index (Phi) is 11.2. The van der Waals surface area contributed by atoms with Crippen LogP contribution in [0.25, 0.3) is 11.3 Å². The first-order valence-electron chi connectivity index (χ1n) is 20.3. The Hall–Kier alpha value is -6.51. The quantitative estimate of drug-likeness (QED) is 0.0990. The number of hydrogen-bond acceptors (Lipinski definition) is 10. The smallest absolute Gasteiger partial charge is 0.264 e. The van der Waals surface area contributed by atoms with Crippen molar-refractivity contribution in [2.24, 2.45) is 0 Å². The van der Waals surface area contributed by atoms with Crippen LogP contribution >= 0.6 is 0 Å². The van der Waals surface area contributed by atoms with Gasteiger partial charge in [-0.05, 0) is 86.9 Å². The van der Waals surface area contributed by atoms with Crippen LogP contribution in [0.1, 0.15) is 105 Å². The minimum atomic E-state index is -1.05. The van der Waals surface area contributed by atoms with Gasteiger partial charge in [0.15, 0.2) is 0 Å². The molecule has 0 bridgehead atoms. The molecule has 1 saturated heterocycles. The number of amides is 6. The molecule has 1 unspecified atom stereocenters. The Labute approximate surface area is 341 Å². The van der Waals surface area contributed by atoms with Crippen LogP contribution in [0.4, 0.5) is 5.69 Å². The van der Waals surface area contributed by atoms with Crippen LogP contribution in [-0.4, -0.2) is 82.7 Å². The molecule has 1 aliphatic carbocycles. The summed E-state index contributed by atoms with van der Waals surface area (Å²) >= 11 is 0. The van der Waals surface area contributed by atoms with Crippen LogP contribution in [0.15, 0.2) is 54.7 Å². The number of methoxy groups -OCH3 is 1. The van der Waals surface area contributed by atoms with E-state index in [-0.39, 0.29) is 48.2 Å². The number of aryl methyl sites for hydroxylation is 3. The number of carbonyl (C=O) groups excluding carboxylic acids is 6. The average Bonchev–Trinajstić information content (AvgIpc) is 4.00. The van der Waals surface area contributed by atoms with Crippen molar-refractivity contribution in [1.29, 1.82) is 0 Å². The maximum absolute atomic E-state index is 13.7. The minimum absolute atomic E-state index is 0.0422. The van der Waals surface area contributed by atoms with E-state index in [1.807, 2.05) is 6.92 Å². The maximum Gasteiger partial charge on any atom is 0.264 e. The van der Waals surface area contributed by atoms with E-state index < -0.39 is 29.7 Å². The van der Waals surface area contributed by atoms with Gasteiger partial charge in [0.25, 0.3) is 17.7 Å². The second-order valence-corrected chi connectivity index (χ2v) is 15.4. The Balaban J connectivity index is 0.791. The van der Waals surface area contributed by atoms with Crippen molar-refractivity contribution < 1.29 is 38.2 Å². The van der Waals surface area contributed by atoms with Gasteiger partial charge < -0.3 is 30.0 Å². The van der Waals surface area contributed by atoms with Gasteiger partial charge in [-0.15, -0.1) is 0 Å². The summed E-state index contributed by atoms with van der Waals surface area (Å²) < 4.78 is 13.9. The zero-order valence-corrected chi connectivity index (χ0v) is 33.2. The number of aromatic nitrogens is 2. The van der Waals surface area contributed by atoms with Crippen molar-refractivity contribution in [1.82, 2.24) is 30.4 Å². The first-order chi connectivity index (χ1) is 28.6. The highest BCUT2D eigenvalue weighted by molar-refractivity contribution is 6.25. The van der Waals surface area contributed by atoms with Crippen LogP contribution in [-0.2, 0) is 33.8 Å². The van der Waals surface area contributed by atoms with E-state index in [0.29, 0.717) is 55.3 Å². The summed E-state index contributed by atoms with van der Waals surface area (Å²) in [7, 11) is 1.56. The lowest BCUT2D eigenvalue weighted by Crippen LogP contribution is -2.54. The van der Waals surface area contributed by atoms with Gasteiger partial charge >= 0.3 is 0 Å². The summed E-state index contributed by atoms with van der Waals surface area (Å²) in [5, 5.41) is 11.5. The number of rotatable bonds is 15. The molecule has 4 aromatic rings. The number of ether oxygens (including phenoxy) is 2. The second kappa shape index (κ2) is 16.8. The number of piperidine rings is 1. The van der Waals surface area contributed by atoms with Gasteiger partial charge in [-0.1, -0.05) is 18.2 Å². The molecule has 8 rings (SSSR count). The summed E-state index contributed by atoms with van der Waals surface area (Å²) in [5.74, 6) is -0.437. The number of imidazole rings is 1. The molecule has 4 heterocycles. The monoisotopic (exact) mass is 801 g/mol. The van der Waals surface area contributed by atoms with Crippen LogP contribution in [0.3, 0.4) is 0 Å². The molecule has 4 aliphatic rings. The molecule has 0 radical (unpaired) electrons. The van der Waals surface area contributed by atoms with E-state index in [2.05, 4.69) is 50.2 Å². The number of anilines is 1. The van der Waals surface area contributed by atoms with Gasteiger partial charge in [-0.2, -0.15) is 0 Å². The number of nitrogens with zero attached hydrogens (tertiary/aromatic N) is 3. The summed E-state index contributed by atoms with van der Waals surface area (Å²) in [6.45, 7) is 3.92. The number of nitrogens with one attached hydrogen (secondary N) is 4. The molecule has 4 N–H and O–H groups in total. The Bertz CT molecular complexity index is 2350. The molecule has 3 aromatic carbocycles. The molecular formula is C44H47N7O8. The van der Waals surface area contributed by atoms with E-state index in [0.717, 1.165) is 65.3 Å². The zero-order valence-electron chi connectivity index (χ0n) is 33.2. The van der Waals surface area contributed by atoms with Gasteiger partial charge in [0, 0.05) is 67.5 Å². The largest absolute Gasteiger partial charge is 0.496 e. The predicted octanol–water partition coefficient (Wildman–Crippen LogP) is 4.41. The van der Waals surface area contributed by atoms with Gasteiger partial charge in [0.2, 0.25) is 17.7 Å². The summed E-state index contributed by atoms with van der Waals surface area (Å²) in [5.41, 5.74) is 6.36. The van der Waals surface area contributed by atoms with E-state index in [1.165, 1.54) is 11.6 Å². The molecule has 59 heavy (non-hydrogen) atoms. The van der Waals surface area contributed by atoms with Crippen LogP contribution in [0.2, 0.25) is 0 Å². The molecule has 306 valence electrons. The Morgan fingerprint density at radius 3 is 2.61 bits per heavy atom. The first-order valence-corrected chi connectivity index (χ1v) is 20.3. The third kappa shape index (κ3) is 8.01. The highest BCUT2D eigenvalue weighted by Crippen LogP contribution is 2.37. The summed E-state index contributed by atoms with van der Waals surface area (Å²) in [6.07, 6.45) is 7.28. The van der Waals surface area contributed by atoms with Crippen molar-refractivity contribution in [2.75, 3.05) is 32.1 Å². The van der Waals surface area contributed by atoms with Crippen LogP contribution in [0.5, 0.6) is 11.5 Å². The molecule has 0 spiro atoms. The van der Waals surface area contributed by atoms with Gasteiger partial charge in [0.05, 0.1) is 36.6 Å². The van der Waals surface area contributed by atoms with Crippen molar-refractivity contribution in [2.45, 2.75) is 83.3 Å². The first kappa shape index (κ1) is 39.3. The van der Waals surface area contributed by atoms with E-state index in [9.17, 15) is 28.8 Å². The Morgan fingerprint density at radius 2 is 1.80 bits per heavy atom.